The second kappa shape index (κ2) is 13.1. The Hall–Kier alpha value is -3.32. The number of hydrogen-bond donors (Lipinski definition) is 1. The monoisotopic (exact) mass is 665 g/mol. The molecule has 1 amide bonds. The highest BCUT2D eigenvalue weighted by Crippen LogP contribution is 2.42. The highest BCUT2D eigenvalue weighted by atomic mass is 32.2. The summed E-state index contributed by atoms with van der Waals surface area (Å²) in [6.07, 6.45) is 6.21. The molecule has 12 heteroatoms. The van der Waals surface area contributed by atoms with Crippen LogP contribution in [0.15, 0.2) is 59.6 Å². The number of carbonyl (C=O) groups excluding carboxylic acids is 1. The lowest BCUT2D eigenvalue weighted by molar-refractivity contribution is -0.121. The number of pyridine rings is 1. The molecule has 3 fully saturated rings. The van der Waals surface area contributed by atoms with Crippen molar-refractivity contribution in [3.8, 4) is 10.4 Å². The molecule has 3 aliphatic rings. The fraction of sp³-hybridized carbons (Fsp3) is 0.500. The molecule has 10 nitrogen and oxygen atoms in total. The average Bonchev–Trinajstić information content (AvgIpc) is 3.50. The minimum Gasteiger partial charge on any atom is -0.477 e. The van der Waals surface area contributed by atoms with Crippen molar-refractivity contribution >= 4 is 44.7 Å². The van der Waals surface area contributed by atoms with Crippen molar-refractivity contribution < 1.29 is 23.1 Å². The van der Waals surface area contributed by atoms with Gasteiger partial charge in [-0.05, 0) is 63.3 Å². The van der Waals surface area contributed by atoms with Gasteiger partial charge in [-0.2, -0.15) is 4.31 Å². The number of piperazine rings is 2. The molecule has 0 spiro atoms. The van der Waals surface area contributed by atoms with Gasteiger partial charge < -0.3 is 14.9 Å². The van der Waals surface area contributed by atoms with Gasteiger partial charge in [-0.25, -0.2) is 18.2 Å². The summed E-state index contributed by atoms with van der Waals surface area (Å²) < 4.78 is 29.3. The molecule has 0 radical (unpaired) electrons. The molecule has 1 aliphatic carbocycles. The molecule has 1 aromatic carbocycles. The summed E-state index contributed by atoms with van der Waals surface area (Å²) in [6.45, 7) is 9.78. The number of benzene rings is 1. The number of aromatic nitrogens is 1. The second-order valence-corrected chi connectivity index (χ2v) is 16.5. The zero-order valence-electron chi connectivity index (χ0n) is 26.8. The summed E-state index contributed by atoms with van der Waals surface area (Å²) in [6, 6.07) is 14.2. The van der Waals surface area contributed by atoms with Crippen molar-refractivity contribution in [2.75, 3.05) is 49.1 Å². The van der Waals surface area contributed by atoms with E-state index >= 15 is 0 Å². The molecule has 0 bridgehead atoms. The van der Waals surface area contributed by atoms with Crippen LogP contribution in [-0.2, 0) is 14.8 Å². The average molecular weight is 666 g/mol. The summed E-state index contributed by atoms with van der Waals surface area (Å²) in [7, 11) is -4.03. The number of nitrogens with zero attached hydrogens (tertiary/aromatic N) is 5. The molecule has 1 atom stereocenters. The minimum atomic E-state index is -4.03. The molecule has 4 heterocycles. The molecule has 6 rings (SSSR count). The van der Waals surface area contributed by atoms with E-state index in [9.17, 15) is 23.1 Å². The van der Waals surface area contributed by atoms with Gasteiger partial charge in [0.05, 0.1) is 18.3 Å². The lowest BCUT2D eigenvalue weighted by atomic mass is 9.82. The van der Waals surface area contributed by atoms with Crippen LogP contribution in [0.4, 0.5) is 11.5 Å². The Morgan fingerprint density at radius 1 is 0.978 bits per heavy atom. The number of rotatable bonds is 7. The summed E-state index contributed by atoms with van der Waals surface area (Å²) in [5.74, 6) is -0.712. The summed E-state index contributed by atoms with van der Waals surface area (Å²) >= 11 is 1.14. The van der Waals surface area contributed by atoms with Gasteiger partial charge in [0.1, 0.15) is 15.6 Å². The van der Waals surface area contributed by atoms with E-state index in [4.69, 9.17) is 0 Å². The van der Waals surface area contributed by atoms with Gasteiger partial charge in [-0.1, -0.05) is 49.6 Å². The zero-order chi connectivity index (χ0) is 32.6. The number of sulfonamides is 1. The van der Waals surface area contributed by atoms with Gasteiger partial charge in [-0.15, -0.1) is 11.3 Å². The van der Waals surface area contributed by atoms with E-state index < -0.39 is 27.9 Å². The molecule has 1 N–H and O–H groups in total. The Bertz CT molecular complexity index is 1660. The van der Waals surface area contributed by atoms with Crippen LogP contribution in [0.25, 0.3) is 10.4 Å². The summed E-state index contributed by atoms with van der Waals surface area (Å²) in [4.78, 5) is 38.1. The first-order valence-corrected chi connectivity index (χ1v) is 18.4. The van der Waals surface area contributed by atoms with Gasteiger partial charge in [-0.3, -0.25) is 9.69 Å². The molecular weight excluding hydrogens is 623 g/mol. The van der Waals surface area contributed by atoms with E-state index in [1.54, 1.807) is 23.1 Å². The smallest absolute Gasteiger partial charge is 0.348 e. The van der Waals surface area contributed by atoms with Crippen LogP contribution in [0.5, 0.6) is 0 Å². The van der Waals surface area contributed by atoms with Crippen molar-refractivity contribution in [2.45, 2.75) is 69.4 Å². The van der Waals surface area contributed by atoms with E-state index in [1.165, 1.54) is 10.5 Å². The Kier molecular flexibility index (Phi) is 9.26. The predicted molar refractivity (Wildman–Crippen MR) is 181 cm³/mol. The maximum atomic E-state index is 14.0. The zero-order valence-corrected chi connectivity index (χ0v) is 28.4. The maximum Gasteiger partial charge on any atom is 0.348 e. The van der Waals surface area contributed by atoms with Crippen LogP contribution in [-0.4, -0.2) is 90.4 Å². The third-order valence-electron chi connectivity index (χ3n) is 9.63. The van der Waals surface area contributed by atoms with Crippen LogP contribution >= 0.6 is 11.3 Å². The topological polar surface area (TPSA) is 114 Å². The Balaban J connectivity index is 1.27. The predicted octanol–water partition coefficient (Wildman–Crippen LogP) is 5.42. The third kappa shape index (κ3) is 6.58. The minimum absolute atomic E-state index is 0.0568. The van der Waals surface area contributed by atoms with Crippen molar-refractivity contribution in [1.29, 1.82) is 0 Å². The van der Waals surface area contributed by atoms with Crippen LogP contribution in [0.1, 0.15) is 62.5 Å². The fourth-order valence-corrected chi connectivity index (χ4v) is 9.41. The van der Waals surface area contributed by atoms with E-state index in [0.29, 0.717) is 5.69 Å². The normalized spacial score (nSPS) is 21.1. The third-order valence-corrected chi connectivity index (χ3v) is 12.6. The van der Waals surface area contributed by atoms with Gasteiger partial charge in [0, 0.05) is 49.3 Å². The molecule has 1 saturated carbocycles. The quantitative estimate of drug-likeness (QED) is 0.356. The van der Waals surface area contributed by atoms with Crippen LogP contribution in [0, 0.1) is 5.92 Å². The first kappa shape index (κ1) is 32.6. The van der Waals surface area contributed by atoms with Crippen molar-refractivity contribution in [2.24, 2.45) is 5.92 Å². The first-order valence-electron chi connectivity index (χ1n) is 16.1. The number of amides is 1. The Morgan fingerprint density at radius 3 is 2.28 bits per heavy atom. The lowest BCUT2D eigenvalue weighted by Crippen LogP contribution is -2.60. The van der Waals surface area contributed by atoms with E-state index in [1.807, 2.05) is 30.3 Å². The number of aromatic carboxylic acids is 1. The number of hydrogen-bond acceptors (Lipinski definition) is 8. The molecule has 2 aromatic heterocycles. The number of carboxylic acid groups (broad SMARTS) is 1. The number of thiophene rings is 1. The van der Waals surface area contributed by atoms with E-state index in [2.05, 4.69) is 35.6 Å². The van der Waals surface area contributed by atoms with Crippen molar-refractivity contribution in [1.82, 2.24) is 14.2 Å². The number of carbonyl (C=O) groups is 2. The fourth-order valence-electron chi connectivity index (χ4n) is 7.07. The van der Waals surface area contributed by atoms with Gasteiger partial charge in [0.25, 0.3) is 0 Å². The van der Waals surface area contributed by atoms with Gasteiger partial charge >= 0.3 is 5.97 Å². The standard InChI is InChI=1S/C34H43N5O5S2/c1-34(2,3)37-18-16-36(17-19-37)30-15-14-26(21-35-30)46(43,44)38-22-28(24-10-6-4-7-11-24)39(31(40)23-38)27-20-29(45-32(27)33(41)42)25-12-8-5-9-13-25/h5,8-9,12-15,20-21,24,28H,4,6-7,10-11,16-19,22-23H2,1-3H3,(H,41,42)/t28-/m0/s1. The molecule has 2 saturated heterocycles. The molecule has 246 valence electrons. The molecule has 0 unspecified atom stereocenters. The summed E-state index contributed by atoms with van der Waals surface area (Å²) in [5.41, 5.74) is 1.32. The molecule has 3 aromatic rings. The van der Waals surface area contributed by atoms with Gasteiger partial charge in [0.2, 0.25) is 15.9 Å². The first-order chi connectivity index (χ1) is 21.9. The largest absolute Gasteiger partial charge is 0.477 e. The lowest BCUT2D eigenvalue weighted by Gasteiger charge is -2.45. The van der Waals surface area contributed by atoms with Crippen LogP contribution in [0.3, 0.4) is 0 Å². The molecule has 46 heavy (non-hydrogen) atoms. The van der Waals surface area contributed by atoms with Crippen molar-refractivity contribution in [3.05, 3.63) is 59.6 Å². The summed E-state index contributed by atoms with van der Waals surface area (Å²) in [5, 5.41) is 10.2. The Morgan fingerprint density at radius 2 is 1.67 bits per heavy atom. The van der Waals surface area contributed by atoms with Gasteiger partial charge in [0.15, 0.2) is 0 Å². The molecule has 2 aliphatic heterocycles. The number of carboxylic acids is 1. The van der Waals surface area contributed by atoms with Crippen LogP contribution < -0.4 is 9.80 Å². The van der Waals surface area contributed by atoms with E-state index in [-0.39, 0.29) is 34.3 Å². The molecular formula is C34H43N5O5S2. The highest BCUT2D eigenvalue weighted by Gasteiger charge is 2.44. The highest BCUT2D eigenvalue weighted by molar-refractivity contribution is 7.89. The van der Waals surface area contributed by atoms with Crippen LogP contribution in [0.2, 0.25) is 0 Å². The van der Waals surface area contributed by atoms with Crippen molar-refractivity contribution in [3.63, 3.8) is 0 Å². The SMILES string of the molecule is CC(C)(C)N1CCN(c2ccc(S(=O)(=O)N3CC(=O)N(c4cc(-c5ccccc5)sc4C(=O)O)[C@H](C4CCCCC4)C3)cn2)CC1. The maximum absolute atomic E-state index is 14.0. The Labute approximate surface area is 275 Å². The number of anilines is 2. The van der Waals surface area contributed by atoms with E-state index in [0.717, 1.165) is 85.9 Å². The second-order valence-electron chi connectivity index (χ2n) is 13.5.